The van der Waals surface area contributed by atoms with E-state index in [-0.39, 0.29) is 62.7 Å². The van der Waals surface area contributed by atoms with Gasteiger partial charge in [0.05, 0.1) is 25.4 Å². The van der Waals surface area contributed by atoms with Gasteiger partial charge in [-0.2, -0.15) is 0 Å². The molecule has 0 aliphatic carbocycles. The van der Waals surface area contributed by atoms with Crippen LogP contribution >= 0.6 is 0 Å². The zero-order valence-electron chi connectivity index (χ0n) is 47.9. The number of phenolic OH excluding ortho intramolecular Hbond substituents is 1. The number of rotatable bonds is 35. The summed E-state index contributed by atoms with van der Waals surface area (Å²) < 4.78 is 0. The third-order valence-electron chi connectivity index (χ3n) is 14.0. The molecule has 0 unspecified atom stereocenters. The molecule has 10 amide bonds. The fourth-order valence-electron chi connectivity index (χ4n) is 9.01. The van der Waals surface area contributed by atoms with Crippen LogP contribution in [-0.4, -0.2) is 165 Å². The van der Waals surface area contributed by atoms with Crippen LogP contribution < -0.4 is 59.7 Å². The average molecular weight is 1170 g/mol. The van der Waals surface area contributed by atoms with Gasteiger partial charge in [-0.05, 0) is 86.1 Å². The van der Waals surface area contributed by atoms with Crippen molar-refractivity contribution in [3.8, 4) is 5.75 Å². The number of unbranched alkanes of at least 4 members (excludes halogenated alkanes) is 1. The van der Waals surface area contributed by atoms with Crippen molar-refractivity contribution in [2.45, 2.75) is 167 Å². The minimum atomic E-state index is -1.75. The van der Waals surface area contributed by atoms with Gasteiger partial charge in [0.2, 0.25) is 59.1 Å². The number of nitrogens with two attached hydrogens (primary N) is 3. The molecule has 17 N–H and O–H groups in total. The first-order valence-electron chi connectivity index (χ1n) is 27.9. The Labute approximate surface area is 482 Å². The third kappa shape index (κ3) is 23.3. The Hall–Kier alpha value is -8.20. The Bertz CT molecular complexity index is 2570. The monoisotopic (exact) mass is 1160 g/mol. The number of likely N-dealkylation sites (tertiary alicyclic amines) is 1. The summed E-state index contributed by atoms with van der Waals surface area (Å²) in [7, 11) is 0. The second-order valence-electron chi connectivity index (χ2n) is 21.6. The van der Waals surface area contributed by atoms with Gasteiger partial charge >= 0.3 is 11.9 Å². The van der Waals surface area contributed by atoms with Gasteiger partial charge in [0.15, 0.2) is 0 Å². The predicted molar refractivity (Wildman–Crippen MR) is 302 cm³/mol. The second kappa shape index (κ2) is 34.3. The van der Waals surface area contributed by atoms with Crippen molar-refractivity contribution in [3.05, 3.63) is 65.7 Å². The van der Waals surface area contributed by atoms with E-state index in [2.05, 4.69) is 42.5 Å². The molecule has 0 saturated carbocycles. The highest BCUT2D eigenvalue weighted by molar-refractivity contribution is 6.00. The Morgan fingerprint density at radius 3 is 1.73 bits per heavy atom. The highest BCUT2D eigenvalue weighted by Gasteiger charge is 2.41. The molecule has 0 spiro atoms. The van der Waals surface area contributed by atoms with Crippen molar-refractivity contribution < 1.29 is 72.9 Å². The first-order valence-corrected chi connectivity index (χ1v) is 27.9. The molecule has 1 aliphatic heterocycles. The first-order chi connectivity index (χ1) is 39.1. The molecule has 2 aromatic rings. The molecular weight excluding hydrogens is 1080 g/mol. The number of benzene rings is 2. The topological polar surface area (TPSA) is 443 Å². The van der Waals surface area contributed by atoms with Crippen molar-refractivity contribution in [1.29, 1.82) is 0 Å². The number of carboxylic acid groups (broad SMARTS) is 2. The minimum absolute atomic E-state index is 0.0148. The van der Waals surface area contributed by atoms with Crippen molar-refractivity contribution in [2.24, 2.45) is 35.0 Å². The molecule has 458 valence electrons. The first kappa shape index (κ1) is 69.1. The van der Waals surface area contributed by atoms with Crippen LogP contribution in [0.4, 0.5) is 0 Å². The molecule has 1 heterocycles. The van der Waals surface area contributed by atoms with E-state index in [1.165, 1.54) is 29.2 Å². The summed E-state index contributed by atoms with van der Waals surface area (Å²) in [6.07, 6.45) is -0.441. The summed E-state index contributed by atoms with van der Waals surface area (Å²) in [5.41, 5.74) is 18.1. The predicted octanol–water partition coefficient (Wildman–Crippen LogP) is -1.68. The fraction of sp³-hybridized carbons (Fsp3) is 0.571. The lowest BCUT2D eigenvalue weighted by atomic mass is 9.96. The summed E-state index contributed by atoms with van der Waals surface area (Å²) in [6.45, 7) is 9.96. The van der Waals surface area contributed by atoms with E-state index in [0.717, 1.165) is 0 Å². The van der Waals surface area contributed by atoms with Gasteiger partial charge in [-0.3, -0.25) is 52.7 Å². The molecule has 27 nitrogen and oxygen atoms in total. The van der Waals surface area contributed by atoms with Crippen LogP contribution in [0.3, 0.4) is 0 Å². The summed E-state index contributed by atoms with van der Waals surface area (Å²) in [4.78, 5) is 163. The van der Waals surface area contributed by atoms with Crippen molar-refractivity contribution in [3.63, 3.8) is 0 Å². The zero-order chi connectivity index (χ0) is 62.1. The number of nitrogens with zero attached hydrogens (tertiary/aromatic N) is 1. The lowest BCUT2D eigenvalue weighted by molar-refractivity contribution is -0.144. The molecule has 0 aromatic heterocycles. The van der Waals surface area contributed by atoms with Crippen molar-refractivity contribution in [2.75, 3.05) is 19.6 Å². The molecule has 1 saturated heterocycles. The SMILES string of the molecule is CC[C@H](C)[C@H](NC(=O)[C@@H](N)C(C)C)C(=O)N[C@@H](CC(=O)O)C(=O)N[C@@H](CC(C)C)C(=O)N1CCC[C@H]1C(=O)N[C@@H](CC(N)=O)C(=O)N[C@@H](Cc1ccccc1)C(=O)N[C@@H](Cc1ccc(O)cc1)C(=O)NCC(=O)N[C@@H](CCCCN)C(=O)O. The van der Waals surface area contributed by atoms with E-state index >= 15 is 0 Å². The molecular formula is C56H84N12O15. The van der Waals surface area contributed by atoms with Gasteiger partial charge in [-0.15, -0.1) is 0 Å². The molecule has 83 heavy (non-hydrogen) atoms. The Kier molecular flexibility index (Phi) is 28.5. The number of aliphatic carboxylic acids is 2. The Balaban J connectivity index is 1.90. The van der Waals surface area contributed by atoms with Gasteiger partial charge in [-0.1, -0.05) is 90.4 Å². The summed E-state index contributed by atoms with van der Waals surface area (Å²) >= 11 is 0. The van der Waals surface area contributed by atoms with Crippen LogP contribution in [0.2, 0.25) is 0 Å². The van der Waals surface area contributed by atoms with Gasteiger partial charge in [0.25, 0.3) is 0 Å². The van der Waals surface area contributed by atoms with Crippen LogP contribution in [-0.2, 0) is 70.4 Å². The van der Waals surface area contributed by atoms with Crippen molar-refractivity contribution >= 4 is 71.0 Å². The zero-order valence-corrected chi connectivity index (χ0v) is 47.9. The Morgan fingerprint density at radius 2 is 1.19 bits per heavy atom. The van der Waals surface area contributed by atoms with Crippen LogP contribution in [0.1, 0.15) is 110 Å². The highest BCUT2D eigenvalue weighted by Crippen LogP contribution is 2.22. The van der Waals surface area contributed by atoms with Crippen molar-refractivity contribution in [1.82, 2.24) is 47.4 Å². The molecule has 3 rings (SSSR count). The molecule has 2 aromatic carbocycles. The number of carbonyl (C=O) groups excluding carboxylic acids is 10. The van der Waals surface area contributed by atoms with E-state index in [4.69, 9.17) is 17.2 Å². The van der Waals surface area contributed by atoms with E-state index in [1.54, 1.807) is 71.9 Å². The number of nitrogens with one attached hydrogen (secondary N) is 8. The minimum Gasteiger partial charge on any atom is -0.508 e. The number of hydrogen-bond acceptors (Lipinski definition) is 15. The largest absolute Gasteiger partial charge is 0.508 e. The number of aromatic hydroxyl groups is 1. The standard InChI is InChI=1S/C56H84N12O15/c1-7-32(6)47(67-53(79)46(59)31(4)5)54(80)65-40(28-45(72)73)51(77)66-41(24-30(2)3)55(81)68-23-13-17-42(68)52(78)64-39(27-43(58)70)50(76)63-38(25-33-14-9-8-10-15-33)49(75)62-37(26-34-18-20-35(69)21-19-34)48(74)60-29-44(71)61-36(56(82)83)16-11-12-22-57/h8-10,14-15,18-21,30-32,36-42,46-47,69H,7,11-13,16-17,22-29,57,59H2,1-6H3,(H2,58,70)(H,60,74)(H,61,71)(H,62,75)(H,63,76)(H,64,78)(H,65,80)(H,66,77)(H,67,79)(H,72,73)(H,82,83)/t32-,36-,37-,38-,39-,40-,41-,42-,46-,47-/m0/s1. The lowest BCUT2D eigenvalue weighted by Gasteiger charge is -2.32. The maximum absolute atomic E-state index is 14.5. The van der Waals surface area contributed by atoms with Crippen LogP contribution in [0.15, 0.2) is 54.6 Å². The number of carboxylic acids is 2. The second-order valence-corrected chi connectivity index (χ2v) is 21.6. The smallest absolute Gasteiger partial charge is 0.326 e. The normalized spacial score (nSPS) is 16.3. The van der Waals surface area contributed by atoms with E-state index in [9.17, 15) is 72.9 Å². The molecule has 0 bridgehead atoms. The summed E-state index contributed by atoms with van der Waals surface area (Å²) in [6, 6.07) is 1.37. The van der Waals surface area contributed by atoms with Crippen LogP contribution in [0, 0.1) is 17.8 Å². The molecule has 1 aliphatic rings. The van der Waals surface area contributed by atoms with E-state index < -0.39 is 151 Å². The quantitative estimate of drug-likeness (QED) is 0.0343. The van der Waals surface area contributed by atoms with Gasteiger partial charge in [-0.25, -0.2) is 4.79 Å². The number of hydrogen-bond donors (Lipinski definition) is 14. The van der Waals surface area contributed by atoms with Crippen LogP contribution in [0.5, 0.6) is 5.75 Å². The number of carbonyl (C=O) groups is 12. The molecule has 0 radical (unpaired) electrons. The van der Waals surface area contributed by atoms with Gasteiger partial charge in [0.1, 0.15) is 54.1 Å². The van der Waals surface area contributed by atoms with Crippen LogP contribution in [0.25, 0.3) is 0 Å². The number of amides is 10. The average Bonchev–Trinajstić information content (AvgIpc) is 4.00. The van der Waals surface area contributed by atoms with Gasteiger partial charge < -0.3 is 80.0 Å². The summed E-state index contributed by atoms with van der Waals surface area (Å²) in [5.74, 6) is -12.9. The maximum Gasteiger partial charge on any atom is 0.326 e. The summed E-state index contributed by atoms with van der Waals surface area (Å²) in [5, 5.41) is 49.4. The maximum atomic E-state index is 14.5. The Morgan fingerprint density at radius 1 is 0.639 bits per heavy atom. The number of phenols is 1. The van der Waals surface area contributed by atoms with E-state index in [1.807, 2.05) is 0 Å². The molecule has 1 fully saturated rings. The number of primary amides is 1. The fourth-order valence-corrected chi connectivity index (χ4v) is 9.01. The highest BCUT2D eigenvalue weighted by atomic mass is 16.4. The molecule has 27 heteroatoms. The molecule has 10 atom stereocenters. The lowest BCUT2D eigenvalue weighted by Crippen LogP contribution is -2.61. The van der Waals surface area contributed by atoms with E-state index in [0.29, 0.717) is 36.9 Å². The third-order valence-corrected chi connectivity index (χ3v) is 14.0. The van der Waals surface area contributed by atoms with Gasteiger partial charge in [0, 0.05) is 19.4 Å².